The molecule has 0 aliphatic heterocycles. The van der Waals surface area contributed by atoms with Crippen molar-refractivity contribution in [2.24, 2.45) is 4.99 Å². The van der Waals surface area contributed by atoms with E-state index in [4.69, 9.17) is 4.42 Å². The van der Waals surface area contributed by atoms with Gasteiger partial charge in [-0.15, -0.1) is 0 Å². The van der Waals surface area contributed by atoms with Crippen molar-refractivity contribution in [2.75, 3.05) is 0 Å². The molecular formula is C23H22BrNO2. The van der Waals surface area contributed by atoms with Crippen LogP contribution in [0.2, 0.25) is 0 Å². The smallest absolute Gasteiger partial charge is 0.362 e. The van der Waals surface area contributed by atoms with E-state index in [9.17, 15) is 4.79 Å². The molecule has 1 heterocycles. The Morgan fingerprint density at radius 2 is 1.78 bits per heavy atom. The van der Waals surface area contributed by atoms with Crippen molar-refractivity contribution in [2.45, 2.75) is 32.6 Å². The first-order valence-electron chi connectivity index (χ1n) is 9.20. The second kappa shape index (κ2) is 9.47. The summed E-state index contributed by atoms with van der Waals surface area (Å²) in [4.78, 5) is 17.2. The maximum atomic E-state index is 12.7. The first kappa shape index (κ1) is 19.3. The number of nitrogens with zero attached hydrogens (tertiary/aromatic N) is 1. The van der Waals surface area contributed by atoms with E-state index in [1.54, 1.807) is 6.21 Å². The van der Waals surface area contributed by atoms with E-state index < -0.39 is 5.63 Å². The normalized spacial score (nSPS) is 11.2. The minimum atomic E-state index is -0.397. The maximum Gasteiger partial charge on any atom is 0.362 e. The summed E-state index contributed by atoms with van der Waals surface area (Å²) in [5, 5.41) is 0. The first-order chi connectivity index (χ1) is 13.2. The lowest BCUT2D eigenvalue weighted by Gasteiger charge is -2.08. The third-order valence-electron chi connectivity index (χ3n) is 4.35. The summed E-state index contributed by atoms with van der Waals surface area (Å²) in [5.41, 5.74) is 2.74. The fourth-order valence-corrected chi connectivity index (χ4v) is 3.27. The second-order valence-electron chi connectivity index (χ2n) is 6.37. The van der Waals surface area contributed by atoms with Crippen molar-refractivity contribution in [1.29, 1.82) is 0 Å². The van der Waals surface area contributed by atoms with E-state index in [1.165, 1.54) is 0 Å². The highest BCUT2D eigenvalue weighted by Gasteiger charge is 2.12. The lowest BCUT2D eigenvalue weighted by molar-refractivity contribution is 0.524. The summed E-state index contributed by atoms with van der Waals surface area (Å²) in [6, 6.07) is 19.4. The average Bonchev–Trinajstić information content (AvgIpc) is 2.69. The number of benzene rings is 2. The van der Waals surface area contributed by atoms with E-state index in [2.05, 4.69) is 27.8 Å². The van der Waals surface area contributed by atoms with Gasteiger partial charge in [-0.1, -0.05) is 84.2 Å². The van der Waals surface area contributed by atoms with Gasteiger partial charge in [-0.3, -0.25) is 0 Å². The van der Waals surface area contributed by atoms with Crippen LogP contribution in [0.5, 0.6) is 0 Å². The van der Waals surface area contributed by atoms with Crippen molar-refractivity contribution in [3.05, 3.63) is 86.7 Å². The van der Waals surface area contributed by atoms with Crippen LogP contribution in [0.3, 0.4) is 0 Å². The minimum absolute atomic E-state index is 0.390. The van der Waals surface area contributed by atoms with E-state index >= 15 is 0 Å². The molecule has 0 saturated heterocycles. The molecule has 3 rings (SSSR count). The van der Waals surface area contributed by atoms with Crippen LogP contribution in [-0.4, -0.2) is 6.21 Å². The molecule has 1 aromatic heterocycles. The summed E-state index contributed by atoms with van der Waals surface area (Å²) in [6.45, 7) is 2.17. The summed E-state index contributed by atoms with van der Waals surface area (Å²) < 4.78 is 6.52. The number of halogens is 1. The molecule has 0 saturated carbocycles. The molecule has 0 radical (unpaired) electrons. The molecule has 0 bridgehead atoms. The Labute approximate surface area is 167 Å². The highest BCUT2D eigenvalue weighted by molar-refractivity contribution is 9.10. The van der Waals surface area contributed by atoms with Gasteiger partial charge in [0.25, 0.3) is 0 Å². The highest BCUT2D eigenvalue weighted by atomic mass is 79.9. The summed E-state index contributed by atoms with van der Waals surface area (Å²) in [7, 11) is 0. The van der Waals surface area contributed by atoms with E-state index in [0.717, 1.165) is 46.8 Å². The van der Waals surface area contributed by atoms with Crippen LogP contribution in [0, 0.1) is 0 Å². The SMILES string of the molecule is CCCCCc1cc(-c2ccccc2)oc(=O)c1N=Cc1ccccc1Br. The summed E-state index contributed by atoms with van der Waals surface area (Å²) in [5.74, 6) is 0.590. The van der Waals surface area contributed by atoms with Gasteiger partial charge in [0.15, 0.2) is 5.69 Å². The zero-order valence-electron chi connectivity index (χ0n) is 15.3. The molecule has 0 spiro atoms. The van der Waals surface area contributed by atoms with Crippen LogP contribution in [0.15, 0.2) is 79.3 Å². The Morgan fingerprint density at radius 3 is 2.52 bits per heavy atom. The molecule has 0 fully saturated rings. The lowest BCUT2D eigenvalue weighted by Crippen LogP contribution is -2.04. The minimum Gasteiger partial charge on any atom is -0.421 e. The number of unbranched alkanes of at least 4 members (excludes halogenated alkanes) is 2. The molecule has 2 aromatic carbocycles. The van der Waals surface area contributed by atoms with Gasteiger partial charge >= 0.3 is 5.63 Å². The van der Waals surface area contributed by atoms with E-state index in [1.807, 2.05) is 60.7 Å². The van der Waals surface area contributed by atoms with Gasteiger partial charge in [0.05, 0.1) is 0 Å². The van der Waals surface area contributed by atoms with Gasteiger partial charge in [-0.2, -0.15) is 0 Å². The van der Waals surface area contributed by atoms with Crippen molar-refractivity contribution in [3.8, 4) is 11.3 Å². The Morgan fingerprint density at radius 1 is 1.04 bits per heavy atom. The number of hydrogen-bond acceptors (Lipinski definition) is 3. The Kier molecular flexibility index (Phi) is 6.77. The molecule has 0 aliphatic carbocycles. The van der Waals surface area contributed by atoms with Crippen LogP contribution in [0.25, 0.3) is 11.3 Å². The Hall–Kier alpha value is -2.46. The number of aliphatic imine (C=N–C) groups is 1. The Bertz CT molecular complexity index is 977. The van der Waals surface area contributed by atoms with Gasteiger partial charge in [0, 0.05) is 21.8 Å². The molecule has 0 amide bonds. The number of hydrogen-bond donors (Lipinski definition) is 0. The lowest BCUT2D eigenvalue weighted by atomic mass is 10.0. The fourth-order valence-electron chi connectivity index (χ4n) is 2.89. The fraction of sp³-hybridized carbons (Fsp3) is 0.217. The Balaban J connectivity index is 2.01. The van der Waals surface area contributed by atoms with E-state index in [-0.39, 0.29) is 0 Å². The summed E-state index contributed by atoms with van der Waals surface area (Å²) >= 11 is 3.51. The molecule has 0 atom stereocenters. The van der Waals surface area contributed by atoms with Crippen LogP contribution in [0.4, 0.5) is 5.69 Å². The van der Waals surface area contributed by atoms with Crippen LogP contribution in [-0.2, 0) is 6.42 Å². The zero-order valence-corrected chi connectivity index (χ0v) is 16.9. The first-order valence-corrected chi connectivity index (χ1v) is 9.99. The third-order valence-corrected chi connectivity index (χ3v) is 5.07. The monoisotopic (exact) mass is 423 g/mol. The molecule has 0 unspecified atom stereocenters. The molecule has 3 aromatic rings. The standard InChI is InChI=1S/C23H22BrNO2/c1-2-3-5-12-18-15-21(17-10-6-4-7-11-17)27-23(26)22(18)25-16-19-13-8-9-14-20(19)24/h4,6-11,13-16H,2-3,5,12H2,1H3. The molecule has 3 nitrogen and oxygen atoms in total. The third kappa shape index (κ3) is 5.04. The van der Waals surface area contributed by atoms with Gasteiger partial charge in [0.1, 0.15) is 5.76 Å². The van der Waals surface area contributed by atoms with Crippen LogP contribution in [0.1, 0.15) is 37.3 Å². The molecule has 138 valence electrons. The van der Waals surface area contributed by atoms with Crippen LogP contribution < -0.4 is 5.63 Å². The van der Waals surface area contributed by atoms with Gasteiger partial charge in [0.2, 0.25) is 0 Å². The molecular weight excluding hydrogens is 402 g/mol. The summed E-state index contributed by atoms with van der Waals surface area (Å²) in [6.07, 6.45) is 5.78. The average molecular weight is 424 g/mol. The van der Waals surface area contributed by atoms with Gasteiger partial charge < -0.3 is 4.42 Å². The van der Waals surface area contributed by atoms with Crippen molar-refractivity contribution in [1.82, 2.24) is 0 Å². The molecule has 27 heavy (non-hydrogen) atoms. The van der Waals surface area contributed by atoms with Gasteiger partial charge in [-0.05, 0) is 30.5 Å². The topological polar surface area (TPSA) is 42.6 Å². The second-order valence-corrected chi connectivity index (χ2v) is 7.23. The highest BCUT2D eigenvalue weighted by Crippen LogP contribution is 2.25. The van der Waals surface area contributed by atoms with Crippen molar-refractivity contribution < 1.29 is 4.42 Å². The maximum absolute atomic E-state index is 12.7. The molecule has 0 N–H and O–H groups in total. The molecule has 0 aliphatic rings. The number of rotatable bonds is 7. The van der Waals surface area contributed by atoms with E-state index in [0.29, 0.717) is 11.4 Å². The van der Waals surface area contributed by atoms with Gasteiger partial charge in [-0.25, -0.2) is 9.79 Å². The predicted octanol–water partition coefficient (Wildman–Crippen LogP) is 6.55. The predicted molar refractivity (Wildman–Crippen MR) is 115 cm³/mol. The largest absolute Gasteiger partial charge is 0.421 e. The van der Waals surface area contributed by atoms with Crippen molar-refractivity contribution in [3.63, 3.8) is 0 Å². The quantitative estimate of drug-likeness (QED) is 0.319. The number of aryl methyl sites for hydroxylation is 1. The van der Waals surface area contributed by atoms with Crippen molar-refractivity contribution >= 4 is 27.8 Å². The zero-order chi connectivity index (χ0) is 19.1. The van der Waals surface area contributed by atoms with Crippen LogP contribution >= 0.6 is 15.9 Å². The molecule has 4 heteroatoms.